The zero-order valence-corrected chi connectivity index (χ0v) is 56.5. The first-order valence-corrected chi connectivity index (χ1v) is 33.4. The largest absolute Gasteiger partial charge is 0.410 e. The summed E-state index contributed by atoms with van der Waals surface area (Å²) in [6.45, 7) is -2.68. The van der Waals surface area contributed by atoms with Gasteiger partial charge in [-0.2, -0.15) is 0 Å². The summed E-state index contributed by atoms with van der Waals surface area (Å²) in [5.41, 5.74) is 0. The summed E-state index contributed by atoms with van der Waals surface area (Å²) in [7, 11) is 0. The summed E-state index contributed by atoms with van der Waals surface area (Å²) in [6.07, 6.45) is -72.0. The van der Waals surface area contributed by atoms with E-state index < -0.39 is 328 Å². The predicted octanol–water partition coefficient (Wildman–Crippen LogP) is -16.4. The van der Waals surface area contributed by atoms with Crippen molar-refractivity contribution in [2.24, 2.45) is 5.92 Å². The molecule has 0 aliphatic carbocycles. The van der Waals surface area contributed by atoms with E-state index in [0.29, 0.717) is 0 Å². The summed E-state index contributed by atoms with van der Waals surface area (Å²) in [6, 6.07) is -4.89. The molecule has 0 spiro atoms. The van der Waals surface area contributed by atoms with Crippen molar-refractivity contribution in [3.05, 3.63) is 0 Å². The van der Waals surface area contributed by atoms with Crippen LogP contribution in [0.5, 0.6) is 0 Å². The molecule has 8 saturated heterocycles. The standard InChI is InChI=1S/C59H99N3O42/c1-16-21(74)6-59(90-15-70,103-46(16)33(76)22(75)7-63)104-51-36(79)25(10-66)93-57(45(51)88)100-49-28(13-69)96-54(32(40(49)83)62-20(5)73)102-52-42(85)35(78)24(9-65)94-58(52)89-14-29-37(80)50(101-55-43(86)41(84)34(77)23(8-64)92-55)44(87)56(97-29)99-48-27(12-68)95-53(31(39(48)82)61-19(4)72)98-47-26(11-67)91-17(2)30(38(47)81)60-18(3)71/h15-17,21-58,63-69,74-88H,6-14H2,1-5H3,(H,60,71)(H,61,72)(H,62,73)/t16-,17+,21-,22-,23?,24?,25?,26?,27?,28+,29?,30-,31+,32?,33-,34-,35-,36+,37-,38?,39?,40?,41?,42+,43?,44-,45?,46?,47-,48-,49-,50?,51+,52?,53+,54+,55-,56+,57+,58+,59+/m1/s1. The van der Waals surface area contributed by atoms with Crippen LogP contribution >= 0.6 is 0 Å². The van der Waals surface area contributed by atoms with E-state index >= 15 is 0 Å². The number of amides is 3. The van der Waals surface area contributed by atoms with E-state index in [0.717, 1.165) is 20.8 Å². The number of ether oxygens (including phenoxy) is 16. The van der Waals surface area contributed by atoms with Gasteiger partial charge in [-0.15, -0.1) is 0 Å². The lowest BCUT2D eigenvalue weighted by molar-refractivity contribution is -0.448. The van der Waals surface area contributed by atoms with Gasteiger partial charge in [0, 0.05) is 26.7 Å². The number of carbonyl (C=O) groups is 4. The highest BCUT2D eigenvalue weighted by molar-refractivity contribution is 5.74. The third-order valence-corrected chi connectivity index (χ3v) is 19.3. The van der Waals surface area contributed by atoms with Gasteiger partial charge in [-0.05, 0) is 6.92 Å². The molecule has 8 aliphatic heterocycles. The van der Waals surface area contributed by atoms with Gasteiger partial charge in [-0.1, -0.05) is 6.92 Å². The van der Waals surface area contributed by atoms with E-state index in [9.17, 15) is 132 Å². The Balaban J connectivity index is 1.06. The molecule has 0 bridgehead atoms. The molecule has 8 aliphatic rings. The molecule has 602 valence electrons. The number of hydrogen-bond donors (Lipinski definition) is 25. The minimum Gasteiger partial charge on any atom is -0.410 e. The normalized spacial score (nSPS) is 47.9. The molecule has 8 fully saturated rings. The van der Waals surface area contributed by atoms with E-state index in [4.69, 9.17) is 75.8 Å². The second kappa shape index (κ2) is 37.4. The van der Waals surface area contributed by atoms with Crippen molar-refractivity contribution in [3.63, 3.8) is 0 Å². The van der Waals surface area contributed by atoms with Crippen molar-refractivity contribution in [1.82, 2.24) is 16.0 Å². The van der Waals surface area contributed by atoms with Crippen molar-refractivity contribution in [3.8, 4) is 0 Å². The molecule has 3 amide bonds. The molecule has 104 heavy (non-hydrogen) atoms. The van der Waals surface area contributed by atoms with Gasteiger partial charge in [-0.3, -0.25) is 19.2 Å². The third kappa shape index (κ3) is 18.9. The number of nitrogens with one attached hydrogen (secondary N) is 3. The van der Waals surface area contributed by atoms with E-state index in [1.165, 1.54) is 13.8 Å². The van der Waals surface area contributed by atoms with Gasteiger partial charge < -0.3 is 204 Å². The SMILES string of the molecule is CC(=O)NC1C(O)[C@H](O[C@@H]2OC(CO)[C@H](O)[C@H](O[C@]3(OC=O)C[C@@H](O)[C@@H](C)C([C@H](O)[C@H](O)CO)O3)C2O)[C@H](CO)O[C@H]1OC1[C@@H](OCC2O[C@@H](O[C@@H]3C(CO)O[C@@H](O[C@@H]4C(CO)O[C@@H](C)[C@@H](NC(C)=O)C4O)[C@@H](NC(C)=O)C3O)[C@H](O)C(O[C@H]3OC(CO)[C@@H](O)C(O)C3O)[C@@H]2O)OC(CO)[C@@H](O)[C@@H]1O. The van der Waals surface area contributed by atoms with Gasteiger partial charge in [0.2, 0.25) is 17.7 Å². The highest BCUT2D eigenvalue weighted by atomic mass is 16.9. The van der Waals surface area contributed by atoms with Crippen molar-refractivity contribution in [2.75, 3.05) is 52.9 Å². The summed E-state index contributed by atoms with van der Waals surface area (Å²) < 4.78 is 94.0. The lowest BCUT2D eigenvalue weighted by Crippen LogP contribution is -2.70. The van der Waals surface area contributed by atoms with Crippen LogP contribution in [0.4, 0.5) is 0 Å². The number of aliphatic hydroxyl groups excluding tert-OH is 22. The molecular weight excluding hydrogens is 1420 g/mol. The number of hydrogen-bond acceptors (Lipinski definition) is 42. The van der Waals surface area contributed by atoms with Crippen LogP contribution < -0.4 is 16.0 Å². The minimum atomic E-state index is -2.83. The first kappa shape index (κ1) is 86.0. The Morgan fingerprint density at radius 3 is 1.30 bits per heavy atom. The van der Waals surface area contributed by atoms with E-state index in [2.05, 4.69) is 16.0 Å². The average Bonchev–Trinajstić information content (AvgIpc) is 0.762. The molecule has 25 N–H and O–H groups in total. The Labute approximate surface area is 590 Å². The molecule has 0 aromatic carbocycles. The first-order chi connectivity index (χ1) is 49.2. The van der Waals surface area contributed by atoms with E-state index in [-0.39, 0.29) is 6.47 Å². The maximum Gasteiger partial charge on any atom is 0.332 e. The Morgan fingerprint density at radius 2 is 0.817 bits per heavy atom. The number of rotatable bonds is 29. The maximum atomic E-state index is 13.0. The lowest BCUT2D eigenvalue weighted by atomic mass is 9.87. The van der Waals surface area contributed by atoms with Gasteiger partial charge in [-0.25, -0.2) is 0 Å². The number of carbonyl (C=O) groups excluding carboxylic acids is 4. The molecule has 45 heteroatoms. The van der Waals surface area contributed by atoms with Crippen molar-refractivity contribution in [1.29, 1.82) is 0 Å². The molecule has 0 aromatic rings. The minimum absolute atomic E-state index is 0.231. The summed E-state index contributed by atoms with van der Waals surface area (Å²) in [5, 5.41) is 251. The Morgan fingerprint density at radius 1 is 0.433 bits per heavy atom. The van der Waals surface area contributed by atoms with Crippen LogP contribution in [0.25, 0.3) is 0 Å². The van der Waals surface area contributed by atoms with Crippen molar-refractivity contribution >= 4 is 24.2 Å². The Hall–Kier alpha value is -3.60. The van der Waals surface area contributed by atoms with Crippen LogP contribution in [0.2, 0.25) is 0 Å². The van der Waals surface area contributed by atoms with Gasteiger partial charge in [0.1, 0.15) is 177 Å². The smallest absolute Gasteiger partial charge is 0.332 e. The second-order valence-corrected chi connectivity index (χ2v) is 26.6. The zero-order valence-electron chi connectivity index (χ0n) is 56.5. The monoisotopic (exact) mass is 1520 g/mol. The molecule has 41 atom stereocenters. The maximum absolute atomic E-state index is 13.0. The van der Waals surface area contributed by atoms with Crippen LogP contribution in [0.1, 0.15) is 41.0 Å². The van der Waals surface area contributed by atoms with E-state index in [1.807, 2.05) is 0 Å². The molecular formula is C59H99N3O42. The molecule has 0 radical (unpaired) electrons. The summed E-state index contributed by atoms with van der Waals surface area (Å²) >= 11 is 0. The van der Waals surface area contributed by atoms with Crippen LogP contribution in [0, 0.1) is 5.92 Å². The Kier molecular flexibility index (Phi) is 30.9. The van der Waals surface area contributed by atoms with Gasteiger partial charge in [0.15, 0.2) is 37.7 Å². The fraction of sp³-hybridized carbons (Fsp3) is 0.932. The summed E-state index contributed by atoms with van der Waals surface area (Å²) in [4.78, 5) is 49.9. The lowest BCUT2D eigenvalue weighted by Gasteiger charge is -2.51. The molecule has 8 heterocycles. The van der Waals surface area contributed by atoms with Crippen LogP contribution in [-0.2, 0) is 95.0 Å². The van der Waals surface area contributed by atoms with Gasteiger partial charge in [0.05, 0.1) is 83.6 Å². The average molecular weight is 1520 g/mol. The second-order valence-electron chi connectivity index (χ2n) is 26.6. The van der Waals surface area contributed by atoms with Crippen LogP contribution in [0.15, 0.2) is 0 Å². The Bertz CT molecular complexity index is 2710. The van der Waals surface area contributed by atoms with Crippen LogP contribution in [0.3, 0.4) is 0 Å². The van der Waals surface area contributed by atoms with E-state index in [1.54, 1.807) is 0 Å². The van der Waals surface area contributed by atoms with Crippen molar-refractivity contribution in [2.45, 2.75) is 286 Å². The fourth-order valence-electron chi connectivity index (χ4n) is 13.7. The topological polar surface area (TPSA) is 697 Å². The zero-order chi connectivity index (χ0) is 76.8. The molecule has 8 rings (SSSR count). The van der Waals surface area contributed by atoms with Gasteiger partial charge in [0.25, 0.3) is 6.47 Å². The first-order valence-electron chi connectivity index (χ1n) is 33.4. The molecule has 45 nitrogen and oxygen atoms in total. The number of aliphatic hydroxyl groups is 22. The van der Waals surface area contributed by atoms with Gasteiger partial charge >= 0.3 is 5.97 Å². The predicted molar refractivity (Wildman–Crippen MR) is 323 cm³/mol. The van der Waals surface area contributed by atoms with Crippen LogP contribution in [-0.4, -0.2) is 434 Å². The van der Waals surface area contributed by atoms with Crippen molar-refractivity contribution < 1.29 is 207 Å². The fourth-order valence-corrected chi connectivity index (χ4v) is 13.7. The molecule has 0 saturated carbocycles. The third-order valence-electron chi connectivity index (χ3n) is 19.3. The molecule has 0 aromatic heterocycles. The molecule has 16 unspecified atom stereocenters. The summed E-state index contributed by atoms with van der Waals surface area (Å²) in [5.74, 6) is -6.32. The highest BCUT2D eigenvalue weighted by Crippen LogP contribution is 2.42. The highest BCUT2D eigenvalue weighted by Gasteiger charge is 2.61. The quantitative estimate of drug-likeness (QED) is 0.0244.